The van der Waals surface area contributed by atoms with Gasteiger partial charge in [-0.05, 0) is 55.7 Å². The molecule has 1 aliphatic rings. The number of H-pyrrole nitrogens is 1. The van der Waals surface area contributed by atoms with Crippen LogP contribution in [0.15, 0.2) is 104 Å². The van der Waals surface area contributed by atoms with E-state index in [1.807, 2.05) is 105 Å². The minimum absolute atomic E-state index is 0.0608. The Balaban J connectivity index is 1.39. The van der Waals surface area contributed by atoms with Crippen molar-refractivity contribution in [1.82, 2.24) is 25.5 Å². The van der Waals surface area contributed by atoms with E-state index in [1.54, 1.807) is 11.1 Å². The first-order valence-electron chi connectivity index (χ1n) is 15.9. The lowest BCUT2D eigenvalue weighted by molar-refractivity contribution is -0.143. The van der Waals surface area contributed by atoms with Gasteiger partial charge in [0.15, 0.2) is 0 Å². The molecule has 5 rings (SSSR count). The number of imidazole rings is 1. The largest absolute Gasteiger partial charge is 0.445 e. The molecule has 3 N–H and O–H groups in total. The second-order valence-electron chi connectivity index (χ2n) is 12.6. The van der Waals surface area contributed by atoms with Crippen LogP contribution in [0, 0.1) is 5.92 Å². The Labute approximate surface area is 270 Å². The van der Waals surface area contributed by atoms with Crippen LogP contribution in [0.25, 0.3) is 0 Å². The number of aromatic nitrogens is 2. The van der Waals surface area contributed by atoms with Crippen molar-refractivity contribution in [3.8, 4) is 0 Å². The topological polar surface area (TPSA) is 116 Å². The number of alkyl carbamates (subject to hydrolysis) is 1. The van der Waals surface area contributed by atoms with Crippen molar-refractivity contribution in [2.24, 2.45) is 5.92 Å². The highest BCUT2D eigenvalue weighted by atomic mass is 16.5. The van der Waals surface area contributed by atoms with Crippen LogP contribution in [0.5, 0.6) is 0 Å². The standard InChI is InChI=1S/C37H43N5O4/c1-37(2,22-27-13-6-3-7-14-27)42(24-33(43)41-34(30-19-12-20-30)29-17-10-5-11-18-29)35(44)32(21-31-23-38-26-39-31)40-36(45)46-25-28-15-8-4-9-16-28/h3-11,13-18,23,26,30,32,34H,12,19-22,24-25H2,1-2H3,(H,38,39)(H,40,45)(H,41,43). The number of nitrogens with one attached hydrogen (secondary N) is 3. The van der Waals surface area contributed by atoms with Gasteiger partial charge >= 0.3 is 6.09 Å². The molecule has 0 radical (unpaired) electrons. The smallest absolute Gasteiger partial charge is 0.408 e. The lowest BCUT2D eigenvalue weighted by Gasteiger charge is -2.41. The second-order valence-corrected chi connectivity index (χ2v) is 12.6. The molecule has 1 heterocycles. The van der Waals surface area contributed by atoms with Crippen molar-refractivity contribution in [3.63, 3.8) is 0 Å². The molecule has 0 bridgehead atoms. The summed E-state index contributed by atoms with van der Waals surface area (Å²) in [5.41, 5.74) is 2.80. The fourth-order valence-corrected chi connectivity index (χ4v) is 5.96. The molecule has 240 valence electrons. The summed E-state index contributed by atoms with van der Waals surface area (Å²) >= 11 is 0. The number of carbonyl (C=O) groups excluding carboxylic acids is 3. The van der Waals surface area contributed by atoms with Gasteiger partial charge in [0.25, 0.3) is 0 Å². The highest BCUT2D eigenvalue weighted by molar-refractivity contribution is 5.90. The predicted molar refractivity (Wildman–Crippen MR) is 176 cm³/mol. The molecular formula is C37H43N5O4. The number of hydrogen-bond donors (Lipinski definition) is 3. The zero-order valence-corrected chi connectivity index (χ0v) is 26.5. The van der Waals surface area contributed by atoms with Gasteiger partial charge in [-0.15, -0.1) is 0 Å². The van der Waals surface area contributed by atoms with Gasteiger partial charge in [-0.2, -0.15) is 0 Å². The van der Waals surface area contributed by atoms with Crippen LogP contribution in [-0.2, 0) is 33.8 Å². The van der Waals surface area contributed by atoms with Gasteiger partial charge in [0.05, 0.1) is 12.4 Å². The third-order valence-electron chi connectivity index (χ3n) is 8.66. The van der Waals surface area contributed by atoms with Crippen molar-refractivity contribution in [1.29, 1.82) is 0 Å². The minimum atomic E-state index is -1.01. The molecule has 9 heteroatoms. The summed E-state index contributed by atoms with van der Waals surface area (Å²) in [7, 11) is 0. The predicted octanol–water partition coefficient (Wildman–Crippen LogP) is 5.75. The number of hydrogen-bond acceptors (Lipinski definition) is 5. The summed E-state index contributed by atoms with van der Waals surface area (Å²) < 4.78 is 5.49. The zero-order valence-electron chi connectivity index (χ0n) is 26.5. The molecule has 4 aromatic rings. The number of amides is 3. The number of benzene rings is 3. The summed E-state index contributed by atoms with van der Waals surface area (Å²) in [6.07, 6.45) is 6.31. The van der Waals surface area contributed by atoms with Gasteiger partial charge in [0.2, 0.25) is 11.8 Å². The van der Waals surface area contributed by atoms with E-state index >= 15 is 0 Å². The van der Waals surface area contributed by atoms with Crippen molar-refractivity contribution < 1.29 is 19.1 Å². The Morgan fingerprint density at radius 3 is 2.13 bits per heavy atom. The highest BCUT2D eigenvalue weighted by Gasteiger charge is 2.38. The fourth-order valence-electron chi connectivity index (χ4n) is 5.96. The van der Waals surface area contributed by atoms with Crippen molar-refractivity contribution >= 4 is 17.9 Å². The third-order valence-corrected chi connectivity index (χ3v) is 8.66. The lowest BCUT2D eigenvalue weighted by atomic mass is 9.77. The maximum atomic E-state index is 14.6. The second kappa shape index (κ2) is 15.4. The molecule has 1 saturated carbocycles. The van der Waals surface area contributed by atoms with Crippen molar-refractivity contribution in [2.75, 3.05) is 6.54 Å². The van der Waals surface area contributed by atoms with E-state index in [9.17, 15) is 14.4 Å². The number of aromatic amines is 1. The zero-order chi connectivity index (χ0) is 32.4. The van der Waals surface area contributed by atoms with E-state index in [0.29, 0.717) is 18.0 Å². The highest BCUT2D eigenvalue weighted by Crippen LogP contribution is 2.37. The maximum Gasteiger partial charge on any atom is 0.408 e. The molecule has 9 nitrogen and oxygen atoms in total. The molecule has 0 saturated heterocycles. The van der Waals surface area contributed by atoms with E-state index in [-0.39, 0.29) is 37.4 Å². The van der Waals surface area contributed by atoms with Crippen LogP contribution in [0.1, 0.15) is 61.5 Å². The number of nitrogens with zero attached hydrogens (tertiary/aromatic N) is 2. The summed E-state index contributed by atoms with van der Waals surface area (Å²) in [5.74, 6) is -0.286. The SMILES string of the molecule is CC(C)(Cc1ccccc1)N(CC(=O)NC(c1ccccc1)C1CCC1)C(=O)C(Cc1cnc[nH]1)NC(=O)OCc1ccccc1. The molecule has 0 spiro atoms. The van der Waals surface area contributed by atoms with Gasteiger partial charge < -0.3 is 25.3 Å². The van der Waals surface area contributed by atoms with Gasteiger partial charge in [-0.25, -0.2) is 9.78 Å². The Morgan fingerprint density at radius 1 is 0.913 bits per heavy atom. The monoisotopic (exact) mass is 621 g/mol. The van der Waals surface area contributed by atoms with Gasteiger partial charge in [0.1, 0.15) is 19.2 Å². The van der Waals surface area contributed by atoms with Gasteiger partial charge in [0, 0.05) is 23.9 Å². The summed E-state index contributed by atoms with van der Waals surface area (Å²) in [6.45, 7) is 3.79. The van der Waals surface area contributed by atoms with Crippen molar-refractivity contribution in [3.05, 3.63) is 126 Å². The Hall–Kier alpha value is -4.92. The van der Waals surface area contributed by atoms with Gasteiger partial charge in [-0.3, -0.25) is 9.59 Å². The number of rotatable bonds is 14. The third kappa shape index (κ3) is 8.84. The quantitative estimate of drug-likeness (QED) is 0.166. The molecule has 1 aromatic heterocycles. The molecular weight excluding hydrogens is 578 g/mol. The molecule has 46 heavy (non-hydrogen) atoms. The molecule has 1 aliphatic carbocycles. The molecule has 3 amide bonds. The Bertz CT molecular complexity index is 1540. The summed E-state index contributed by atoms with van der Waals surface area (Å²) in [4.78, 5) is 50.2. The molecule has 3 aromatic carbocycles. The Kier molecular flexibility index (Phi) is 10.9. The fraction of sp³-hybridized carbons (Fsp3) is 0.351. The number of ether oxygens (including phenoxy) is 1. The van der Waals surface area contributed by atoms with Crippen LogP contribution >= 0.6 is 0 Å². The normalized spacial score (nSPS) is 14.4. The van der Waals surface area contributed by atoms with Crippen LogP contribution < -0.4 is 10.6 Å². The lowest BCUT2D eigenvalue weighted by Crippen LogP contribution is -2.59. The van der Waals surface area contributed by atoms with Crippen LogP contribution in [-0.4, -0.2) is 50.9 Å². The average molecular weight is 622 g/mol. The van der Waals surface area contributed by atoms with E-state index in [0.717, 1.165) is 36.0 Å². The van der Waals surface area contributed by atoms with Crippen LogP contribution in [0.4, 0.5) is 4.79 Å². The first kappa shape index (κ1) is 32.5. The number of carbonyl (C=O) groups is 3. The van der Waals surface area contributed by atoms with E-state index in [4.69, 9.17) is 4.74 Å². The minimum Gasteiger partial charge on any atom is -0.445 e. The first-order chi connectivity index (χ1) is 22.3. The van der Waals surface area contributed by atoms with Gasteiger partial charge in [-0.1, -0.05) is 97.4 Å². The van der Waals surface area contributed by atoms with E-state index in [2.05, 4.69) is 20.6 Å². The molecule has 1 fully saturated rings. The molecule has 2 atom stereocenters. The summed E-state index contributed by atoms with van der Waals surface area (Å²) in [6, 6.07) is 28.1. The maximum absolute atomic E-state index is 14.6. The van der Waals surface area contributed by atoms with Crippen LogP contribution in [0.3, 0.4) is 0 Å². The Morgan fingerprint density at radius 2 is 1.54 bits per heavy atom. The van der Waals surface area contributed by atoms with Crippen LogP contribution in [0.2, 0.25) is 0 Å². The van der Waals surface area contributed by atoms with Crippen molar-refractivity contribution in [2.45, 2.75) is 70.2 Å². The summed E-state index contributed by atoms with van der Waals surface area (Å²) in [5, 5.41) is 6.05. The molecule has 0 aliphatic heterocycles. The van der Waals surface area contributed by atoms with E-state index < -0.39 is 17.7 Å². The first-order valence-corrected chi connectivity index (χ1v) is 15.9. The molecule has 2 unspecified atom stereocenters. The van der Waals surface area contributed by atoms with E-state index in [1.165, 1.54) is 6.33 Å². The average Bonchev–Trinajstić information content (AvgIpc) is 3.55.